The SMILES string of the molecule is CN(C(=O)c1ccc(NC(=O)Cc2coc(-c3ccccc3)n2)cc1)C1CCCCC1. The van der Waals surface area contributed by atoms with Crippen LogP contribution in [-0.2, 0) is 11.2 Å². The molecule has 1 aliphatic carbocycles. The van der Waals surface area contributed by atoms with Crippen molar-refractivity contribution < 1.29 is 14.0 Å². The van der Waals surface area contributed by atoms with Gasteiger partial charge in [0.1, 0.15) is 6.26 Å². The smallest absolute Gasteiger partial charge is 0.253 e. The second-order valence-corrected chi connectivity index (χ2v) is 8.02. The molecule has 0 radical (unpaired) electrons. The standard InChI is InChI=1S/C25H27N3O3/c1-28(22-10-6-3-7-11-22)25(30)19-12-14-20(15-13-19)26-23(29)16-21-17-31-24(27-21)18-8-4-2-5-9-18/h2,4-5,8-9,12-15,17,22H,3,6-7,10-11,16H2,1H3,(H,26,29). The van der Waals surface area contributed by atoms with Crippen LogP contribution in [0.1, 0.15) is 48.2 Å². The molecule has 0 unspecified atom stereocenters. The molecule has 1 heterocycles. The molecule has 0 spiro atoms. The number of carbonyl (C=O) groups excluding carboxylic acids is 2. The first kappa shape index (κ1) is 20.8. The lowest BCUT2D eigenvalue weighted by Crippen LogP contribution is -2.38. The van der Waals surface area contributed by atoms with Gasteiger partial charge in [-0.2, -0.15) is 0 Å². The average Bonchev–Trinajstić information content (AvgIpc) is 3.28. The molecule has 1 aliphatic rings. The predicted octanol–water partition coefficient (Wildman–Crippen LogP) is 4.93. The average molecular weight is 418 g/mol. The minimum absolute atomic E-state index is 0.0285. The van der Waals surface area contributed by atoms with Crippen molar-refractivity contribution in [1.29, 1.82) is 0 Å². The number of oxazole rings is 1. The maximum absolute atomic E-state index is 12.8. The fourth-order valence-corrected chi connectivity index (χ4v) is 4.01. The minimum Gasteiger partial charge on any atom is -0.444 e. The molecule has 6 nitrogen and oxygen atoms in total. The Morgan fingerprint density at radius 2 is 1.74 bits per heavy atom. The van der Waals surface area contributed by atoms with Crippen LogP contribution in [0.15, 0.2) is 65.3 Å². The summed E-state index contributed by atoms with van der Waals surface area (Å²) >= 11 is 0. The Balaban J connectivity index is 1.33. The molecule has 1 N–H and O–H groups in total. The number of hydrogen-bond donors (Lipinski definition) is 1. The van der Waals surface area contributed by atoms with E-state index >= 15 is 0 Å². The predicted molar refractivity (Wildman–Crippen MR) is 120 cm³/mol. The molecule has 2 aromatic carbocycles. The molecule has 1 fully saturated rings. The van der Waals surface area contributed by atoms with Crippen LogP contribution in [0.25, 0.3) is 11.5 Å². The monoisotopic (exact) mass is 417 g/mol. The van der Waals surface area contributed by atoms with Gasteiger partial charge in [0.05, 0.1) is 12.1 Å². The molecule has 0 aliphatic heterocycles. The third-order valence-electron chi connectivity index (χ3n) is 5.77. The van der Waals surface area contributed by atoms with Crippen molar-refractivity contribution in [3.05, 3.63) is 72.1 Å². The van der Waals surface area contributed by atoms with Crippen molar-refractivity contribution in [2.45, 2.75) is 44.6 Å². The van der Waals surface area contributed by atoms with Gasteiger partial charge in [-0.15, -0.1) is 0 Å². The third-order valence-corrected chi connectivity index (χ3v) is 5.77. The van der Waals surface area contributed by atoms with E-state index in [0.29, 0.717) is 28.9 Å². The normalized spacial score (nSPS) is 14.2. The Labute approximate surface area is 182 Å². The Bertz CT molecular complexity index is 1020. The molecule has 6 heteroatoms. The van der Waals surface area contributed by atoms with Crippen LogP contribution in [0, 0.1) is 0 Å². The lowest BCUT2D eigenvalue weighted by atomic mass is 9.94. The first-order chi connectivity index (χ1) is 15.1. The van der Waals surface area contributed by atoms with Gasteiger partial charge < -0.3 is 14.6 Å². The number of benzene rings is 2. The number of carbonyl (C=O) groups is 2. The van der Waals surface area contributed by atoms with Crippen molar-refractivity contribution in [1.82, 2.24) is 9.88 Å². The van der Waals surface area contributed by atoms with Crippen LogP contribution in [-0.4, -0.2) is 34.8 Å². The summed E-state index contributed by atoms with van der Waals surface area (Å²) in [5.41, 5.74) is 2.72. The molecule has 4 rings (SSSR count). The first-order valence-corrected chi connectivity index (χ1v) is 10.8. The summed E-state index contributed by atoms with van der Waals surface area (Å²) in [6.45, 7) is 0. The van der Waals surface area contributed by atoms with E-state index in [-0.39, 0.29) is 18.2 Å². The topological polar surface area (TPSA) is 75.4 Å². The maximum atomic E-state index is 12.8. The van der Waals surface area contributed by atoms with Gasteiger partial charge in [-0.1, -0.05) is 37.5 Å². The molecule has 1 saturated carbocycles. The number of nitrogens with zero attached hydrogens (tertiary/aromatic N) is 2. The highest BCUT2D eigenvalue weighted by atomic mass is 16.3. The molecule has 3 aromatic rings. The fraction of sp³-hybridized carbons (Fsp3) is 0.320. The molecule has 160 valence electrons. The molecule has 0 atom stereocenters. The summed E-state index contributed by atoms with van der Waals surface area (Å²) in [6.07, 6.45) is 7.40. The van der Waals surface area contributed by atoms with Crippen LogP contribution in [0.2, 0.25) is 0 Å². The van der Waals surface area contributed by atoms with Crippen molar-refractivity contribution >= 4 is 17.5 Å². The number of amides is 2. The van der Waals surface area contributed by atoms with Crippen LogP contribution >= 0.6 is 0 Å². The zero-order valence-corrected chi connectivity index (χ0v) is 17.7. The van der Waals surface area contributed by atoms with E-state index < -0.39 is 0 Å². The maximum Gasteiger partial charge on any atom is 0.253 e. The van der Waals surface area contributed by atoms with Crippen LogP contribution < -0.4 is 5.32 Å². The number of nitrogens with one attached hydrogen (secondary N) is 1. The van der Waals surface area contributed by atoms with Gasteiger partial charge in [0.25, 0.3) is 5.91 Å². The highest BCUT2D eigenvalue weighted by Gasteiger charge is 2.23. The van der Waals surface area contributed by atoms with E-state index in [2.05, 4.69) is 10.3 Å². The van der Waals surface area contributed by atoms with E-state index in [9.17, 15) is 9.59 Å². The summed E-state index contributed by atoms with van der Waals surface area (Å²) < 4.78 is 5.48. The van der Waals surface area contributed by atoms with Crippen LogP contribution in [0.4, 0.5) is 5.69 Å². The first-order valence-electron chi connectivity index (χ1n) is 10.8. The lowest BCUT2D eigenvalue weighted by Gasteiger charge is -2.31. The van der Waals surface area contributed by atoms with Crippen molar-refractivity contribution in [2.24, 2.45) is 0 Å². The van der Waals surface area contributed by atoms with E-state index in [1.165, 1.54) is 25.5 Å². The summed E-state index contributed by atoms with van der Waals surface area (Å²) in [4.78, 5) is 31.4. The van der Waals surface area contributed by atoms with Gasteiger partial charge in [0.15, 0.2) is 0 Å². The summed E-state index contributed by atoms with van der Waals surface area (Å²) in [7, 11) is 1.88. The van der Waals surface area contributed by atoms with Crippen LogP contribution in [0.3, 0.4) is 0 Å². The van der Waals surface area contributed by atoms with E-state index in [1.807, 2.05) is 42.3 Å². The van der Waals surface area contributed by atoms with Gasteiger partial charge in [0, 0.05) is 29.9 Å². The highest BCUT2D eigenvalue weighted by molar-refractivity contribution is 5.96. The zero-order chi connectivity index (χ0) is 21.6. The van der Waals surface area contributed by atoms with Gasteiger partial charge in [-0.3, -0.25) is 9.59 Å². The molecule has 2 amide bonds. The molecule has 0 saturated heterocycles. The van der Waals surface area contributed by atoms with Crippen molar-refractivity contribution in [3.8, 4) is 11.5 Å². The number of anilines is 1. The summed E-state index contributed by atoms with van der Waals surface area (Å²) in [6, 6.07) is 16.9. The van der Waals surface area contributed by atoms with Gasteiger partial charge in [-0.05, 0) is 49.2 Å². The van der Waals surface area contributed by atoms with E-state index in [1.54, 1.807) is 24.3 Å². The second kappa shape index (κ2) is 9.60. The Morgan fingerprint density at radius 3 is 2.45 bits per heavy atom. The minimum atomic E-state index is -0.189. The van der Waals surface area contributed by atoms with Gasteiger partial charge >= 0.3 is 0 Å². The number of hydrogen-bond acceptors (Lipinski definition) is 4. The molecule has 0 bridgehead atoms. The van der Waals surface area contributed by atoms with Gasteiger partial charge in [0.2, 0.25) is 11.8 Å². The highest BCUT2D eigenvalue weighted by Crippen LogP contribution is 2.23. The Kier molecular flexibility index (Phi) is 6.46. The van der Waals surface area contributed by atoms with E-state index in [0.717, 1.165) is 18.4 Å². The summed E-state index contributed by atoms with van der Waals surface area (Å²) in [5, 5.41) is 2.85. The quantitative estimate of drug-likeness (QED) is 0.617. The van der Waals surface area contributed by atoms with Gasteiger partial charge in [-0.25, -0.2) is 4.98 Å². The fourth-order valence-electron chi connectivity index (χ4n) is 4.01. The second-order valence-electron chi connectivity index (χ2n) is 8.02. The van der Waals surface area contributed by atoms with E-state index in [4.69, 9.17) is 4.42 Å². The number of rotatable bonds is 6. The zero-order valence-electron chi connectivity index (χ0n) is 17.7. The summed E-state index contributed by atoms with van der Waals surface area (Å²) in [5.74, 6) is 0.334. The number of aromatic nitrogens is 1. The lowest BCUT2D eigenvalue weighted by molar-refractivity contribution is -0.115. The van der Waals surface area contributed by atoms with Crippen molar-refractivity contribution in [3.63, 3.8) is 0 Å². The molecule has 31 heavy (non-hydrogen) atoms. The van der Waals surface area contributed by atoms with Crippen LogP contribution in [0.5, 0.6) is 0 Å². The Morgan fingerprint density at radius 1 is 1.03 bits per heavy atom. The largest absolute Gasteiger partial charge is 0.444 e. The van der Waals surface area contributed by atoms with Crippen molar-refractivity contribution in [2.75, 3.05) is 12.4 Å². The molecular weight excluding hydrogens is 390 g/mol. The Hall–Kier alpha value is -3.41. The molecular formula is C25H27N3O3. The molecule has 1 aromatic heterocycles. The third kappa shape index (κ3) is 5.20.